The summed E-state index contributed by atoms with van der Waals surface area (Å²) in [4.78, 5) is 2.45. The Hall–Kier alpha value is -7.00. The topological polar surface area (TPSA) is 3.24 Å². The van der Waals surface area contributed by atoms with Crippen LogP contribution in [0.4, 0.5) is 17.1 Å². The highest BCUT2D eigenvalue weighted by Gasteiger charge is 2.37. The number of fused-ring (bicyclic) bond motifs is 8. The van der Waals surface area contributed by atoms with Crippen LogP contribution in [0.25, 0.3) is 85.9 Å². The van der Waals surface area contributed by atoms with E-state index in [1.807, 2.05) is 11.3 Å². The number of hydrogen-bond acceptors (Lipinski definition) is 2. The third-order valence-electron chi connectivity index (χ3n) is 14.3. The first kappa shape index (κ1) is 38.7. The number of rotatable bonds is 6. The van der Waals surface area contributed by atoms with E-state index < -0.39 is 0 Å². The van der Waals surface area contributed by atoms with E-state index in [2.05, 4.69) is 233 Å². The van der Waals surface area contributed by atoms with Gasteiger partial charge in [-0.05, 0) is 150 Å². The third-order valence-corrected chi connectivity index (χ3v) is 15.4. The lowest BCUT2D eigenvalue weighted by Crippen LogP contribution is -2.33. The molecule has 64 heavy (non-hydrogen) atoms. The fourth-order valence-corrected chi connectivity index (χ4v) is 11.8. The Balaban J connectivity index is 0.971. The largest absolute Gasteiger partial charge is 0.310 e. The zero-order valence-corrected chi connectivity index (χ0v) is 37.6. The van der Waals surface area contributed by atoms with Crippen LogP contribution in [0.2, 0.25) is 0 Å². The summed E-state index contributed by atoms with van der Waals surface area (Å²) in [6.45, 7) is 9.73. The highest BCUT2D eigenvalue weighted by atomic mass is 32.1. The Bertz CT molecular complexity index is 3590. The second kappa shape index (κ2) is 14.8. The van der Waals surface area contributed by atoms with Crippen molar-refractivity contribution in [1.82, 2.24) is 0 Å². The molecule has 1 aliphatic rings. The van der Waals surface area contributed by atoms with Crippen molar-refractivity contribution in [3.63, 3.8) is 0 Å². The van der Waals surface area contributed by atoms with Gasteiger partial charge in [0.25, 0.3) is 0 Å². The standard InChI is InChI=1S/C62H49NS/c1-61(2)33-34-62(3,4)56-39-59-54(38-55(56)61)60-51(19-12-20-58(60)64-59)47-26-25-45-36-49(32-29-44(45)35-47)63(57-37-46-15-8-9-16-50(46)52-17-10-11-18-53(52)57)48-30-27-43(28-31-48)42-23-21-41(22-24-42)40-13-6-5-7-14-40/h5-32,35-39H,33-34H2,1-4H3. The molecule has 0 saturated heterocycles. The molecule has 1 heterocycles. The van der Waals surface area contributed by atoms with Crippen LogP contribution in [-0.2, 0) is 10.8 Å². The van der Waals surface area contributed by atoms with E-state index in [1.54, 1.807) is 0 Å². The molecule has 10 aromatic carbocycles. The molecule has 0 fully saturated rings. The van der Waals surface area contributed by atoms with Gasteiger partial charge in [0.15, 0.2) is 0 Å². The fourth-order valence-electron chi connectivity index (χ4n) is 10.6. The number of benzene rings is 10. The second-order valence-electron chi connectivity index (χ2n) is 19.2. The molecule has 0 amide bonds. The van der Waals surface area contributed by atoms with Crippen LogP contribution in [0.5, 0.6) is 0 Å². The second-order valence-corrected chi connectivity index (χ2v) is 20.3. The Labute approximate surface area is 379 Å². The summed E-state index contributed by atoms with van der Waals surface area (Å²) in [6.07, 6.45) is 2.44. The summed E-state index contributed by atoms with van der Waals surface area (Å²) in [6, 6.07) is 74.6. The molecule has 0 aliphatic heterocycles. The van der Waals surface area contributed by atoms with Crippen molar-refractivity contribution >= 4 is 80.9 Å². The van der Waals surface area contributed by atoms with E-state index in [1.165, 1.54) is 110 Å². The van der Waals surface area contributed by atoms with Crippen LogP contribution in [0.3, 0.4) is 0 Å². The third kappa shape index (κ3) is 6.42. The molecule has 0 atom stereocenters. The van der Waals surface area contributed by atoms with Crippen molar-refractivity contribution in [3.8, 4) is 33.4 Å². The highest BCUT2D eigenvalue weighted by Crippen LogP contribution is 2.51. The average Bonchev–Trinajstić information content (AvgIpc) is 3.71. The van der Waals surface area contributed by atoms with Gasteiger partial charge in [-0.25, -0.2) is 0 Å². The molecule has 0 unspecified atom stereocenters. The summed E-state index contributed by atoms with van der Waals surface area (Å²) < 4.78 is 2.75. The molecule has 1 aliphatic carbocycles. The van der Waals surface area contributed by atoms with Crippen LogP contribution < -0.4 is 4.90 Å². The molecule has 2 heteroatoms. The van der Waals surface area contributed by atoms with Gasteiger partial charge in [0.2, 0.25) is 0 Å². The first-order valence-electron chi connectivity index (χ1n) is 22.7. The minimum Gasteiger partial charge on any atom is -0.310 e. The van der Waals surface area contributed by atoms with E-state index in [9.17, 15) is 0 Å². The van der Waals surface area contributed by atoms with Gasteiger partial charge in [0, 0.05) is 36.9 Å². The summed E-state index contributed by atoms with van der Waals surface area (Å²) in [5.74, 6) is 0. The Morgan fingerprint density at radius 3 is 1.67 bits per heavy atom. The maximum absolute atomic E-state index is 2.56. The molecule has 0 saturated carbocycles. The first-order valence-corrected chi connectivity index (χ1v) is 23.5. The lowest BCUT2D eigenvalue weighted by Gasteiger charge is -2.41. The predicted octanol–water partition coefficient (Wildman–Crippen LogP) is 18.3. The maximum Gasteiger partial charge on any atom is 0.0546 e. The number of thiophene rings is 1. The minimum absolute atomic E-state index is 0.160. The smallest absolute Gasteiger partial charge is 0.0546 e. The van der Waals surface area contributed by atoms with Gasteiger partial charge in [0.1, 0.15) is 0 Å². The van der Waals surface area contributed by atoms with E-state index in [-0.39, 0.29) is 10.8 Å². The molecular formula is C62H49NS. The lowest BCUT2D eigenvalue weighted by molar-refractivity contribution is 0.332. The van der Waals surface area contributed by atoms with Crippen LogP contribution >= 0.6 is 11.3 Å². The Morgan fingerprint density at radius 2 is 0.938 bits per heavy atom. The van der Waals surface area contributed by atoms with Gasteiger partial charge >= 0.3 is 0 Å². The van der Waals surface area contributed by atoms with Crippen LogP contribution in [-0.4, -0.2) is 0 Å². The van der Waals surface area contributed by atoms with Crippen molar-refractivity contribution in [2.45, 2.75) is 51.4 Å². The first-order chi connectivity index (χ1) is 31.2. The maximum atomic E-state index is 2.56. The molecule has 308 valence electrons. The fraction of sp³-hybridized carbons (Fsp3) is 0.129. The molecule has 11 aromatic rings. The van der Waals surface area contributed by atoms with Crippen molar-refractivity contribution in [3.05, 3.63) is 211 Å². The molecule has 0 bridgehead atoms. The van der Waals surface area contributed by atoms with Gasteiger partial charge in [-0.15, -0.1) is 11.3 Å². The van der Waals surface area contributed by atoms with Gasteiger partial charge in [-0.3, -0.25) is 0 Å². The van der Waals surface area contributed by atoms with Gasteiger partial charge in [-0.1, -0.05) is 173 Å². The van der Waals surface area contributed by atoms with Gasteiger partial charge < -0.3 is 4.90 Å². The Kier molecular flexibility index (Phi) is 8.94. The monoisotopic (exact) mass is 839 g/mol. The minimum atomic E-state index is 0.160. The molecule has 0 spiro atoms. The van der Waals surface area contributed by atoms with Gasteiger partial charge in [0.05, 0.1) is 5.69 Å². The molecule has 12 rings (SSSR count). The lowest BCUT2D eigenvalue weighted by atomic mass is 9.63. The summed E-state index contributed by atoms with van der Waals surface area (Å²) in [5.41, 5.74) is 14.2. The number of hydrogen-bond donors (Lipinski definition) is 0. The SMILES string of the molecule is CC1(C)CCC(C)(C)c2cc3c(cc21)sc1cccc(-c2ccc4cc(N(c5ccc(-c6ccc(-c7ccccc7)cc6)cc5)c5cc6ccccc6c6ccccc56)ccc4c2)c13. The van der Waals surface area contributed by atoms with E-state index in [0.29, 0.717) is 0 Å². The zero-order valence-electron chi connectivity index (χ0n) is 36.8. The number of nitrogens with zero attached hydrogens (tertiary/aromatic N) is 1. The van der Waals surface area contributed by atoms with Crippen LogP contribution in [0.1, 0.15) is 51.7 Å². The van der Waals surface area contributed by atoms with Crippen molar-refractivity contribution in [2.24, 2.45) is 0 Å². The zero-order chi connectivity index (χ0) is 43.2. The van der Waals surface area contributed by atoms with E-state index >= 15 is 0 Å². The molecule has 1 aromatic heterocycles. The highest BCUT2D eigenvalue weighted by molar-refractivity contribution is 7.26. The summed E-state index contributed by atoms with van der Waals surface area (Å²) in [7, 11) is 0. The molecule has 0 N–H and O–H groups in total. The predicted molar refractivity (Wildman–Crippen MR) is 278 cm³/mol. The van der Waals surface area contributed by atoms with Crippen molar-refractivity contribution in [2.75, 3.05) is 4.90 Å². The average molecular weight is 840 g/mol. The number of anilines is 3. The van der Waals surface area contributed by atoms with Gasteiger partial charge in [-0.2, -0.15) is 0 Å². The van der Waals surface area contributed by atoms with Crippen LogP contribution in [0.15, 0.2) is 200 Å². The normalized spacial score (nSPS) is 14.4. The molecule has 0 radical (unpaired) electrons. The van der Waals surface area contributed by atoms with E-state index in [0.717, 1.165) is 17.1 Å². The summed E-state index contributed by atoms with van der Waals surface area (Å²) >= 11 is 1.94. The quantitative estimate of drug-likeness (QED) is 0.151. The Morgan fingerprint density at radius 1 is 0.375 bits per heavy atom. The van der Waals surface area contributed by atoms with Crippen molar-refractivity contribution < 1.29 is 0 Å². The van der Waals surface area contributed by atoms with Crippen LogP contribution in [0, 0.1) is 0 Å². The van der Waals surface area contributed by atoms with E-state index in [4.69, 9.17) is 0 Å². The molecular weight excluding hydrogens is 791 g/mol. The summed E-state index contributed by atoms with van der Waals surface area (Å²) in [5, 5.41) is 10.2. The van der Waals surface area contributed by atoms with Crippen molar-refractivity contribution in [1.29, 1.82) is 0 Å². The molecule has 1 nitrogen and oxygen atoms in total.